The number of hydrogen-bond donors (Lipinski definition) is 1. The Morgan fingerprint density at radius 3 is 2.55 bits per heavy atom. The van der Waals surface area contributed by atoms with Crippen LogP contribution in [0.2, 0.25) is 5.02 Å². The van der Waals surface area contributed by atoms with Gasteiger partial charge in [0.15, 0.2) is 5.78 Å². The number of nitrogens with one attached hydrogen (secondary N) is 1. The topological polar surface area (TPSA) is 46.2 Å². The second kappa shape index (κ2) is 7.09. The third-order valence-electron chi connectivity index (χ3n) is 3.62. The van der Waals surface area contributed by atoms with E-state index in [0.29, 0.717) is 16.3 Å². The van der Waals surface area contributed by atoms with Crippen LogP contribution in [0.1, 0.15) is 42.5 Å². The minimum atomic E-state index is -0.327. The van der Waals surface area contributed by atoms with Gasteiger partial charge < -0.3 is 5.32 Å². The molecule has 5 heteroatoms. The van der Waals surface area contributed by atoms with E-state index in [0.717, 1.165) is 25.7 Å². The second-order valence-electron chi connectivity index (χ2n) is 5.07. The molecule has 1 saturated carbocycles. The van der Waals surface area contributed by atoms with Gasteiger partial charge in [-0.15, -0.1) is 11.6 Å². The van der Waals surface area contributed by atoms with Gasteiger partial charge in [0, 0.05) is 16.5 Å². The number of carbonyl (C=O) groups excluding carboxylic acids is 2. The summed E-state index contributed by atoms with van der Waals surface area (Å²) in [5.41, 5.74) is 0.985. The third kappa shape index (κ3) is 3.74. The highest BCUT2D eigenvalue weighted by Crippen LogP contribution is 2.30. The normalized spacial score (nSPS) is 15.9. The van der Waals surface area contributed by atoms with Crippen molar-refractivity contribution < 1.29 is 9.59 Å². The second-order valence-corrected chi connectivity index (χ2v) is 5.77. The van der Waals surface area contributed by atoms with E-state index in [1.54, 1.807) is 18.2 Å². The third-order valence-corrected chi connectivity index (χ3v) is 4.10. The fourth-order valence-corrected chi connectivity index (χ4v) is 2.84. The zero-order valence-corrected chi connectivity index (χ0v) is 12.6. The standard InChI is InChI=1S/C15H17Cl2NO2/c16-9-14(19)18-13-7-6-11(17)8-12(13)15(20)10-4-2-1-3-5-10/h6-8,10H,1-5,9H2,(H,18,19). The molecular formula is C15H17Cl2NO2. The van der Waals surface area contributed by atoms with Crippen molar-refractivity contribution in [1.29, 1.82) is 0 Å². The van der Waals surface area contributed by atoms with Gasteiger partial charge in [-0.1, -0.05) is 30.9 Å². The number of carbonyl (C=O) groups is 2. The monoisotopic (exact) mass is 313 g/mol. The molecule has 0 aliphatic heterocycles. The summed E-state index contributed by atoms with van der Waals surface area (Å²) < 4.78 is 0. The van der Waals surface area contributed by atoms with Crippen molar-refractivity contribution in [2.45, 2.75) is 32.1 Å². The van der Waals surface area contributed by atoms with Gasteiger partial charge in [-0.3, -0.25) is 9.59 Å². The number of Topliss-reactive ketones (excluding diaryl/α,β-unsaturated/α-hetero) is 1. The highest BCUT2D eigenvalue weighted by atomic mass is 35.5. The van der Waals surface area contributed by atoms with Crippen LogP contribution in [0.3, 0.4) is 0 Å². The van der Waals surface area contributed by atoms with Crippen molar-refractivity contribution >= 4 is 40.6 Å². The first kappa shape index (κ1) is 15.3. The van der Waals surface area contributed by atoms with Crippen molar-refractivity contribution in [3.05, 3.63) is 28.8 Å². The summed E-state index contributed by atoms with van der Waals surface area (Å²) in [5, 5.41) is 3.15. The molecule has 0 atom stereocenters. The van der Waals surface area contributed by atoms with Gasteiger partial charge >= 0.3 is 0 Å². The molecule has 2 rings (SSSR count). The fourth-order valence-electron chi connectivity index (χ4n) is 2.60. The van der Waals surface area contributed by atoms with E-state index in [1.807, 2.05) is 0 Å². The van der Waals surface area contributed by atoms with Gasteiger partial charge in [0.2, 0.25) is 5.91 Å². The molecule has 1 fully saturated rings. The minimum absolute atomic E-state index is 0.0360. The van der Waals surface area contributed by atoms with Gasteiger partial charge in [0.1, 0.15) is 5.88 Å². The molecule has 108 valence electrons. The molecule has 0 aromatic heterocycles. The molecule has 0 bridgehead atoms. The molecule has 0 saturated heterocycles. The lowest BCUT2D eigenvalue weighted by Crippen LogP contribution is -2.21. The van der Waals surface area contributed by atoms with Crippen molar-refractivity contribution in [3.63, 3.8) is 0 Å². The maximum absolute atomic E-state index is 12.6. The zero-order valence-electron chi connectivity index (χ0n) is 11.1. The molecule has 0 heterocycles. The summed E-state index contributed by atoms with van der Waals surface area (Å²) in [6.07, 6.45) is 5.18. The van der Waals surface area contributed by atoms with Crippen LogP contribution < -0.4 is 5.32 Å². The number of halogens is 2. The van der Waals surface area contributed by atoms with E-state index >= 15 is 0 Å². The minimum Gasteiger partial charge on any atom is -0.324 e. The van der Waals surface area contributed by atoms with Gasteiger partial charge in [0.25, 0.3) is 0 Å². The van der Waals surface area contributed by atoms with Gasteiger partial charge in [0.05, 0.1) is 5.69 Å². The predicted molar refractivity (Wildman–Crippen MR) is 81.7 cm³/mol. The largest absolute Gasteiger partial charge is 0.324 e. The van der Waals surface area contributed by atoms with E-state index in [-0.39, 0.29) is 23.5 Å². The molecule has 3 nitrogen and oxygen atoms in total. The lowest BCUT2D eigenvalue weighted by Gasteiger charge is -2.21. The van der Waals surface area contributed by atoms with Crippen LogP contribution in [0.25, 0.3) is 0 Å². The SMILES string of the molecule is O=C(CCl)Nc1ccc(Cl)cc1C(=O)C1CCCCC1. The molecule has 1 aromatic rings. The first-order chi connectivity index (χ1) is 9.61. The summed E-state index contributed by atoms with van der Waals surface area (Å²) in [4.78, 5) is 24.0. The summed E-state index contributed by atoms with van der Waals surface area (Å²) >= 11 is 11.5. The number of alkyl halides is 1. The summed E-state index contributed by atoms with van der Waals surface area (Å²) in [6.45, 7) is 0. The highest BCUT2D eigenvalue weighted by Gasteiger charge is 2.24. The molecule has 0 spiro atoms. The van der Waals surface area contributed by atoms with Crippen molar-refractivity contribution in [2.24, 2.45) is 5.92 Å². The number of ketones is 1. The van der Waals surface area contributed by atoms with Crippen LogP contribution in [0.5, 0.6) is 0 Å². The van der Waals surface area contributed by atoms with E-state index < -0.39 is 0 Å². The zero-order chi connectivity index (χ0) is 14.5. The van der Waals surface area contributed by atoms with Crippen LogP contribution in [0.4, 0.5) is 5.69 Å². The van der Waals surface area contributed by atoms with Crippen molar-refractivity contribution in [3.8, 4) is 0 Å². The van der Waals surface area contributed by atoms with E-state index in [1.165, 1.54) is 6.42 Å². The Labute approximate surface area is 128 Å². The summed E-state index contributed by atoms with van der Waals surface area (Å²) in [6, 6.07) is 4.94. The lowest BCUT2D eigenvalue weighted by atomic mass is 9.83. The molecule has 0 radical (unpaired) electrons. The summed E-state index contributed by atoms with van der Waals surface area (Å²) in [7, 11) is 0. The molecule has 1 N–H and O–H groups in total. The van der Waals surface area contributed by atoms with Gasteiger partial charge in [-0.2, -0.15) is 0 Å². The van der Waals surface area contributed by atoms with Gasteiger partial charge in [-0.05, 0) is 31.0 Å². The van der Waals surface area contributed by atoms with E-state index in [2.05, 4.69) is 5.32 Å². The Morgan fingerprint density at radius 2 is 1.90 bits per heavy atom. The van der Waals surface area contributed by atoms with Crippen LogP contribution in [-0.4, -0.2) is 17.6 Å². The molecule has 20 heavy (non-hydrogen) atoms. The molecule has 1 aromatic carbocycles. The maximum atomic E-state index is 12.6. The smallest absolute Gasteiger partial charge is 0.239 e. The van der Waals surface area contributed by atoms with Gasteiger partial charge in [-0.25, -0.2) is 0 Å². The van der Waals surface area contributed by atoms with Crippen LogP contribution in [0, 0.1) is 5.92 Å². The molecular weight excluding hydrogens is 297 g/mol. The fraction of sp³-hybridized carbons (Fsp3) is 0.467. The molecule has 1 aliphatic carbocycles. The number of rotatable bonds is 4. The highest BCUT2D eigenvalue weighted by molar-refractivity contribution is 6.31. The molecule has 1 amide bonds. The average Bonchev–Trinajstić information content (AvgIpc) is 2.49. The maximum Gasteiger partial charge on any atom is 0.239 e. The number of hydrogen-bond acceptors (Lipinski definition) is 2. The quantitative estimate of drug-likeness (QED) is 0.666. The van der Waals surface area contributed by atoms with Crippen molar-refractivity contribution in [1.82, 2.24) is 0 Å². The summed E-state index contributed by atoms with van der Waals surface area (Å²) in [5.74, 6) is -0.364. The van der Waals surface area contributed by atoms with Crippen LogP contribution in [-0.2, 0) is 4.79 Å². The van der Waals surface area contributed by atoms with Crippen LogP contribution >= 0.6 is 23.2 Å². The Hall–Kier alpha value is -1.06. The molecule has 0 unspecified atom stereocenters. The Balaban J connectivity index is 2.25. The number of anilines is 1. The van der Waals surface area contributed by atoms with E-state index in [4.69, 9.17) is 23.2 Å². The Kier molecular flexibility index (Phi) is 5.44. The number of benzene rings is 1. The van der Waals surface area contributed by atoms with Crippen LogP contribution in [0.15, 0.2) is 18.2 Å². The van der Waals surface area contributed by atoms with E-state index in [9.17, 15) is 9.59 Å². The predicted octanol–water partition coefficient (Wildman–Crippen LogP) is 4.28. The first-order valence-corrected chi connectivity index (χ1v) is 7.72. The average molecular weight is 314 g/mol. The number of amides is 1. The Bertz CT molecular complexity index is 511. The Morgan fingerprint density at radius 1 is 1.20 bits per heavy atom. The lowest BCUT2D eigenvalue weighted by molar-refractivity contribution is -0.113. The van der Waals surface area contributed by atoms with Crippen molar-refractivity contribution in [2.75, 3.05) is 11.2 Å². The first-order valence-electron chi connectivity index (χ1n) is 6.81. The molecule has 1 aliphatic rings.